The first kappa shape index (κ1) is 19.8. The Morgan fingerprint density at radius 2 is 1.90 bits per heavy atom. The lowest BCUT2D eigenvalue weighted by Gasteiger charge is -2.33. The Bertz CT molecular complexity index is 1100. The van der Waals surface area contributed by atoms with Crippen molar-refractivity contribution < 1.29 is 13.2 Å². The van der Waals surface area contributed by atoms with Gasteiger partial charge in [-0.2, -0.15) is 5.10 Å². The molecule has 3 heterocycles. The summed E-state index contributed by atoms with van der Waals surface area (Å²) in [5.41, 5.74) is 2.25. The first-order valence-corrected chi connectivity index (χ1v) is 11.1. The zero-order chi connectivity index (χ0) is 20.5. The number of nitrogens with zero attached hydrogens (tertiary/aromatic N) is 2. The number of rotatable bonds is 6. The van der Waals surface area contributed by atoms with Crippen LogP contribution >= 0.6 is 0 Å². The lowest BCUT2D eigenvalue weighted by atomic mass is 9.82. The molecule has 0 atom stereocenters. The molecule has 0 unspecified atom stereocenters. The highest BCUT2D eigenvalue weighted by molar-refractivity contribution is 7.89. The smallest absolute Gasteiger partial charge is 0.240 e. The topological polar surface area (TPSA) is 109 Å². The second-order valence-electron chi connectivity index (χ2n) is 7.69. The number of aromatic amines is 1. The molecule has 0 amide bonds. The highest BCUT2D eigenvalue weighted by atomic mass is 32.2. The zero-order valence-corrected chi connectivity index (χ0v) is 17.3. The van der Waals surface area contributed by atoms with Gasteiger partial charge in [-0.1, -0.05) is 19.1 Å². The molecule has 1 fully saturated rings. The van der Waals surface area contributed by atoms with Crippen LogP contribution in [0.3, 0.4) is 0 Å². The number of nitrogens with one attached hydrogen (secondary N) is 3. The average molecular weight is 416 g/mol. The molecule has 0 radical (unpaired) electrons. The number of piperidine rings is 1. The molecule has 2 aromatic heterocycles. The van der Waals surface area contributed by atoms with Gasteiger partial charge in [-0.3, -0.25) is 5.10 Å². The van der Waals surface area contributed by atoms with Gasteiger partial charge in [0, 0.05) is 17.2 Å². The summed E-state index contributed by atoms with van der Waals surface area (Å²) in [5.74, 6) is 0.727. The number of sulfonamides is 1. The van der Waals surface area contributed by atoms with Crippen LogP contribution in [-0.2, 0) is 10.0 Å². The van der Waals surface area contributed by atoms with Crippen LogP contribution in [-0.4, -0.2) is 50.3 Å². The van der Waals surface area contributed by atoms with E-state index in [1.54, 1.807) is 30.5 Å². The van der Waals surface area contributed by atoms with Crippen molar-refractivity contribution in [2.24, 2.45) is 5.41 Å². The number of benzene rings is 1. The van der Waals surface area contributed by atoms with E-state index >= 15 is 0 Å². The highest BCUT2D eigenvalue weighted by Crippen LogP contribution is 2.35. The fourth-order valence-electron chi connectivity index (χ4n) is 3.59. The van der Waals surface area contributed by atoms with Gasteiger partial charge in [0.2, 0.25) is 10.0 Å². The summed E-state index contributed by atoms with van der Waals surface area (Å²) in [4.78, 5) is 4.56. The molecule has 29 heavy (non-hydrogen) atoms. The lowest BCUT2D eigenvalue weighted by molar-refractivity contribution is 0.124. The van der Waals surface area contributed by atoms with Crippen molar-refractivity contribution in [3.8, 4) is 17.0 Å². The van der Waals surface area contributed by atoms with Crippen molar-refractivity contribution >= 4 is 21.1 Å². The summed E-state index contributed by atoms with van der Waals surface area (Å²) < 4.78 is 32.5. The maximum atomic E-state index is 12.0. The minimum Gasteiger partial charge on any atom is -0.492 e. The SMILES string of the molecule is CNS(=O)(=O)c1ccc(-c2n[nH]c3nccc(OCC4(C)CCNCC4)c23)cc1. The summed E-state index contributed by atoms with van der Waals surface area (Å²) in [7, 11) is -2.09. The van der Waals surface area contributed by atoms with Gasteiger partial charge in [0.15, 0.2) is 5.65 Å². The van der Waals surface area contributed by atoms with E-state index in [9.17, 15) is 8.42 Å². The molecule has 0 spiro atoms. The monoisotopic (exact) mass is 415 g/mol. The Kier molecular flexibility index (Phi) is 5.28. The number of hydrogen-bond acceptors (Lipinski definition) is 6. The molecule has 1 saturated heterocycles. The third kappa shape index (κ3) is 3.98. The van der Waals surface area contributed by atoms with Gasteiger partial charge in [0.1, 0.15) is 11.4 Å². The van der Waals surface area contributed by atoms with Crippen molar-refractivity contribution in [3.63, 3.8) is 0 Å². The fourth-order valence-corrected chi connectivity index (χ4v) is 4.32. The molecule has 1 aromatic carbocycles. The number of pyridine rings is 1. The third-order valence-corrected chi connectivity index (χ3v) is 6.95. The number of ether oxygens (including phenoxy) is 1. The van der Waals surface area contributed by atoms with Gasteiger partial charge in [-0.05, 0) is 51.2 Å². The Hall–Kier alpha value is -2.49. The zero-order valence-electron chi connectivity index (χ0n) is 16.5. The van der Waals surface area contributed by atoms with Crippen LogP contribution in [0.5, 0.6) is 5.75 Å². The van der Waals surface area contributed by atoms with Crippen LogP contribution in [0.15, 0.2) is 41.4 Å². The Morgan fingerprint density at radius 3 is 2.59 bits per heavy atom. The number of hydrogen-bond donors (Lipinski definition) is 3. The number of aromatic nitrogens is 3. The summed E-state index contributed by atoms with van der Waals surface area (Å²) in [6, 6.07) is 8.46. The van der Waals surface area contributed by atoms with Crippen LogP contribution in [0.2, 0.25) is 0 Å². The quantitative estimate of drug-likeness (QED) is 0.570. The van der Waals surface area contributed by atoms with Gasteiger partial charge in [0.05, 0.1) is 16.9 Å². The Balaban J connectivity index is 1.66. The van der Waals surface area contributed by atoms with Crippen LogP contribution < -0.4 is 14.8 Å². The maximum Gasteiger partial charge on any atom is 0.240 e. The number of fused-ring (bicyclic) bond motifs is 1. The maximum absolute atomic E-state index is 12.0. The van der Waals surface area contributed by atoms with E-state index in [2.05, 4.69) is 32.1 Å². The second-order valence-corrected chi connectivity index (χ2v) is 9.57. The van der Waals surface area contributed by atoms with Crippen molar-refractivity contribution in [1.29, 1.82) is 0 Å². The van der Waals surface area contributed by atoms with E-state index in [0.717, 1.165) is 42.6 Å². The predicted molar refractivity (Wildman–Crippen MR) is 111 cm³/mol. The van der Waals surface area contributed by atoms with Crippen molar-refractivity contribution in [2.45, 2.75) is 24.7 Å². The van der Waals surface area contributed by atoms with Gasteiger partial charge in [-0.15, -0.1) is 0 Å². The molecule has 1 aliphatic rings. The van der Waals surface area contributed by atoms with Crippen LogP contribution in [0.1, 0.15) is 19.8 Å². The average Bonchev–Trinajstić information content (AvgIpc) is 3.18. The van der Waals surface area contributed by atoms with E-state index in [1.807, 2.05) is 6.07 Å². The third-order valence-electron chi connectivity index (χ3n) is 5.52. The minimum atomic E-state index is -3.48. The van der Waals surface area contributed by atoms with E-state index < -0.39 is 10.0 Å². The molecule has 0 bridgehead atoms. The first-order chi connectivity index (χ1) is 13.9. The molecule has 3 N–H and O–H groups in total. The van der Waals surface area contributed by atoms with Crippen LogP contribution in [0, 0.1) is 5.41 Å². The summed E-state index contributed by atoms with van der Waals surface area (Å²) in [6.07, 6.45) is 3.84. The summed E-state index contributed by atoms with van der Waals surface area (Å²) >= 11 is 0. The molecule has 0 aliphatic carbocycles. The summed E-state index contributed by atoms with van der Waals surface area (Å²) in [5, 5.41) is 11.5. The molecule has 154 valence electrons. The Morgan fingerprint density at radius 1 is 1.17 bits per heavy atom. The van der Waals surface area contributed by atoms with Gasteiger partial charge >= 0.3 is 0 Å². The van der Waals surface area contributed by atoms with Gasteiger partial charge in [-0.25, -0.2) is 18.1 Å². The molecule has 1 aliphatic heterocycles. The minimum absolute atomic E-state index is 0.133. The molecule has 9 heteroatoms. The molecule has 8 nitrogen and oxygen atoms in total. The predicted octanol–water partition coefficient (Wildman–Crippen LogP) is 2.30. The molecule has 3 aromatic rings. The van der Waals surface area contributed by atoms with E-state index in [-0.39, 0.29) is 10.3 Å². The van der Waals surface area contributed by atoms with Crippen LogP contribution in [0.4, 0.5) is 0 Å². The number of H-pyrrole nitrogens is 1. The van der Waals surface area contributed by atoms with Crippen molar-refractivity contribution in [1.82, 2.24) is 25.2 Å². The fraction of sp³-hybridized carbons (Fsp3) is 0.400. The van der Waals surface area contributed by atoms with Crippen molar-refractivity contribution in [3.05, 3.63) is 36.5 Å². The highest BCUT2D eigenvalue weighted by Gasteiger charge is 2.28. The normalized spacial score (nSPS) is 16.8. The largest absolute Gasteiger partial charge is 0.492 e. The van der Waals surface area contributed by atoms with Gasteiger partial charge in [0.25, 0.3) is 0 Å². The van der Waals surface area contributed by atoms with Gasteiger partial charge < -0.3 is 10.1 Å². The van der Waals surface area contributed by atoms with E-state index in [1.165, 1.54) is 7.05 Å². The molecule has 4 rings (SSSR count). The second kappa shape index (κ2) is 7.74. The summed E-state index contributed by atoms with van der Waals surface area (Å²) in [6.45, 7) is 4.89. The van der Waals surface area contributed by atoms with Crippen LogP contribution in [0.25, 0.3) is 22.3 Å². The molecule has 0 saturated carbocycles. The standard InChI is InChI=1S/C20H25N5O3S/c1-20(8-11-22-12-9-20)13-28-16-7-10-23-19-17(16)18(24-25-19)14-3-5-15(6-4-14)29(26,27)21-2/h3-7,10,21-22H,8-9,11-13H2,1-2H3,(H,23,24,25). The van der Waals surface area contributed by atoms with Crippen molar-refractivity contribution in [2.75, 3.05) is 26.7 Å². The van der Waals surface area contributed by atoms with E-state index in [4.69, 9.17) is 4.74 Å². The molecular formula is C20H25N5O3S. The van der Waals surface area contributed by atoms with E-state index in [0.29, 0.717) is 17.9 Å². The lowest BCUT2D eigenvalue weighted by Crippen LogP contribution is -2.38. The Labute approximate surface area is 170 Å². The molecular weight excluding hydrogens is 390 g/mol. The first-order valence-electron chi connectivity index (χ1n) is 9.62.